The number of halogens is 1. The molecule has 1 atom stereocenters. The Kier molecular flexibility index (Phi) is 4.94. The van der Waals surface area contributed by atoms with Gasteiger partial charge in [0.05, 0.1) is 11.5 Å². The molecule has 0 bridgehead atoms. The quantitative estimate of drug-likeness (QED) is 0.629. The van der Waals surface area contributed by atoms with Crippen LogP contribution in [0.2, 0.25) is 5.02 Å². The van der Waals surface area contributed by atoms with E-state index < -0.39 is 22.8 Å². The van der Waals surface area contributed by atoms with Crippen LogP contribution in [0.3, 0.4) is 0 Å². The van der Waals surface area contributed by atoms with Crippen LogP contribution in [0.15, 0.2) is 18.2 Å². The zero-order chi connectivity index (χ0) is 16.3. The maximum Gasteiger partial charge on any atom is 0.320 e. The molecule has 8 nitrogen and oxygen atoms in total. The molecule has 0 spiro atoms. The summed E-state index contributed by atoms with van der Waals surface area (Å²) < 4.78 is 0. The minimum Gasteiger partial charge on any atom is -0.480 e. The van der Waals surface area contributed by atoms with E-state index in [1.807, 2.05) is 0 Å². The van der Waals surface area contributed by atoms with Gasteiger partial charge in [-0.15, -0.1) is 0 Å². The van der Waals surface area contributed by atoms with Crippen molar-refractivity contribution in [3.63, 3.8) is 0 Å². The fourth-order valence-corrected chi connectivity index (χ4v) is 2.60. The van der Waals surface area contributed by atoms with E-state index in [0.717, 1.165) is 6.07 Å². The number of carboxylic acid groups (broad SMARTS) is 1. The molecule has 22 heavy (non-hydrogen) atoms. The number of nitrogens with zero attached hydrogens (tertiary/aromatic N) is 2. The second-order valence-electron chi connectivity index (χ2n) is 4.93. The lowest BCUT2D eigenvalue weighted by molar-refractivity contribution is -0.383. The van der Waals surface area contributed by atoms with E-state index in [1.54, 1.807) is 4.90 Å². The summed E-state index contributed by atoms with van der Waals surface area (Å²) in [4.78, 5) is 34.9. The van der Waals surface area contributed by atoms with Gasteiger partial charge in [0.25, 0.3) is 5.69 Å². The molecule has 0 aromatic heterocycles. The molecule has 2 rings (SSSR count). The van der Waals surface area contributed by atoms with Crippen molar-refractivity contribution in [3.05, 3.63) is 33.3 Å². The Labute approximate surface area is 130 Å². The minimum atomic E-state index is -0.970. The third-order valence-electron chi connectivity index (χ3n) is 3.43. The van der Waals surface area contributed by atoms with Gasteiger partial charge >= 0.3 is 5.97 Å². The van der Waals surface area contributed by atoms with Crippen LogP contribution in [0.4, 0.5) is 11.4 Å². The number of hydrogen-bond donors (Lipinski definition) is 2. The number of carboxylic acids is 1. The molecular formula is C13H14ClN3O5. The smallest absolute Gasteiger partial charge is 0.320 e. The molecule has 1 unspecified atom stereocenters. The Balaban J connectivity index is 2.06. The van der Waals surface area contributed by atoms with Crippen molar-refractivity contribution >= 4 is 34.9 Å². The molecule has 1 saturated heterocycles. The number of rotatable bonds is 5. The Bertz CT molecular complexity index is 622. The van der Waals surface area contributed by atoms with Crippen LogP contribution >= 0.6 is 11.6 Å². The summed E-state index contributed by atoms with van der Waals surface area (Å²) in [7, 11) is 0. The lowest BCUT2D eigenvalue weighted by atomic mass is 10.2. The lowest BCUT2D eigenvalue weighted by Gasteiger charge is -2.20. The number of hydrogen-bond acceptors (Lipinski definition) is 5. The number of aliphatic carboxylic acids is 1. The van der Waals surface area contributed by atoms with E-state index in [9.17, 15) is 19.7 Å². The van der Waals surface area contributed by atoms with Crippen LogP contribution in [0, 0.1) is 10.1 Å². The van der Waals surface area contributed by atoms with Crippen molar-refractivity contribution in [3.8, 4) is 0 Å². The van der Waals surface area contributed by atoms with Crippen molar-refractivity contribution in [1.82, 2.24) is 4.90 Å². The first kappa shape index (κ1) is 16.2. The van der Waals surface area contributed by atoms with E-state index in [2.05, 4.69) is 5.32 Å². The van der Waals surface area contributed by atoms with Crippen molar-refractivity contribution < 1.29 is 19.6 Å². The zero-order valence-electron chi connectivity index (χ0n) is 11.5. The van der Waals surface area contributed by atoms with Gasteiger partial charge in [-0.05, 0) is 31.5 Å². The van der Waals surface area contributed by atoms with Gasteiger partial charge in [0.1, 0.15) is 11.7 Å². The predicted molar refractivity (Wildman–Crippen MR) is 79.0 cm³/mol. The standard InChI is InChI=1S/C13H14ClN3O5/c14-8-3-4-9(11(6-8)17(21)22)15-12(18)7-16-5-1-2-10(16)13(19)20/h3-4,6,10H,1-2,5,7H2,(H,15,18)(H,19,20). The van der Waals surface area contributed by atoms with Gasteiger partial charge in [-0.1, -0.05) is 11.6 Å². The molecule has 0 saturated carbocycles. The van der Waals surface area contributed by atoms with E-state index >= 15 is 0 Å². The number of benzene rings is 1. The first-order valence-electron chi connectivity index (χ1n) is 6.59. The molecule has 1 heterocycles. The van der Waals surface area contributed by atoms with Gasteiger partial charge in [-0.3, -0.25) is 24.6 Å². The van der Waals surface area contributed by atoms with E-state index in [0.29, 0.717) is 19.4 Å². The number of carbonyl (C=O) groups is 2. The lowest BCUT2D eigenvalue weighted by Crippen LogP contribution is -2.40. The number of nitrogens with one attached hydrogen (secondary N) is 1. The number of nitro groups is 1. The second-order valence-corrected chi connectivity index (χ2v) is 5.37. The third-order valence-corrected chi connectivity index (χ3v) is 3.66. The monoisotopic (exact) mass is 327 g/mol. The Morgan fingerprint density at radius 3 is 2.86 bits per heavy atom. The third kappa shape index (κ3) is 3.71. The molecule has 1 aromatic carbocycles. The van der Waals surface area contributed by atoms with Crippen LogP contribution in [-0.2, 0) is 9.59 Å². The van der Waals surface area contributed by atoms with Crippen LogP contribution in [-0.4, -0.2) is 45.9 Å². The SMILES string of the molecule is O=C(CN1CCCC1C(=O)O)Nc1ccc(Cl)cc1[N+](=O)[O-]. The van der Waals surface area contributed by atoms with Crippen LogP contribution in [0.25, 0.3) is 0 Å². The fourth-order valence-electron chi connectivity index (χ4n) is 2.43. The average Bonchev–Trinajstić information content (AvgIpc) is 2.88. The second kappa shape index (κ2) is 6.71. The van der Waals surface area contributed by atoms with Crippen LogP contribution < -0.4 is 5.32 Å². The van der Waals surface area contributed by atoms with Crippen molar-refractivity contribution in [2.75, 3.05) is 18.4 Å². The fraction of sp³-hybridized carbons (Fsp3) is 0.385. The summed E-state index contributed by atoms with van der Waals surface area (Å²) in [5.74, 6) is -1.47. The molecule has 1 fully saturated rings. The number of amides is 1. The van der Waals surface area contributed by atoms with Crippen LogP contribution in [0.1, 0.15) is 12.8 Å². The molecule has 1 aliphatic heterocycles. The molecule has 118 valence electrons. The molecule has 2 N–H and O–H groups in total. The van der Waals surface area contributed by atoms with Gasteiger partial charge in [0, 0.05) is 11.1 Å². The highest BCUT2D eigenvalue weighted by molar-refractivity contribution is 6.31. The van der Waals surface area contributed by atoms with E-state index in [-0.39, 0.29) is 22.9 Å². The van der Waals surface area contributed by atoms with Gasteiger partial charge < -0.3 is 10.4 Å². The molecule has 0 aliphatic carbocycles. The maximum atomic E-state index is 12.0. The molecule has 1 aromatic rings. The summed E-state index contributed by atoms with van der Waals surface area (Å²) in [6.45, 7) is 0.379. The van der Waals surface area contributed by atoms with E-state index in [4.69, 9.17) is 16.7 Å². The normalized spacial score (nSPS) is 18.1. The molecule has 0 radical (unpaired) electrons. The Morgan fingerprint density at radius 2 is 2.23 bits per heavy atom. The van der Waals surface area contributed by atoms with Gasteiger partial charge in [-0.2, -0.15) is 0 Å². The summed E-state index contributed by atoms with van der Waals surface area (Å²) >= 11 is 5.70. The maximum absolute atomic E-state index is 12.0. The van der Waals surface area contributed by atoms with Gasteiger partial charge in [0.2, 0.25) is 5.91 Å². The highest BCUT2D eigenvalue weighted by atomic mass is 35.5. The number of likely N-dealkylation sites (tertiary alicyclic amines) is 1. The van der Waals surface area contributed by atoms with Crippen molar-refractivity contribution in [2.45, 2.75) is 18.9 Å². The highest BCUT2D eigenvalue weighted by Crippen LogP contribution is 2.28. The van der Waals surface area contributed by atoms with Crippen molar-refractivity contribution in [2.24, 2.45) is 0 Å². The molecule has 9 heteroatoms. The Morgan fingerprint density at radius 1 is 1.50 bits per heavy atom. The molecule has 1 aliphatic rings. The largest absolute Gasteiger partial charge is 0.480 e. The van der Waals surface area contributed by atoms with Gasteiger partial charge in [-0.25, -0.2) is 0 Å². The number of nitro benzene ring substituents is 1. The molecular weight excluding hydrogens is 314 g/mol. The highest BCUT2D eigenvalue weighted by Gasteiger charge is 2.31. The molecule has 1 amide bonds. The summed E-state index contributed by atoms with van der Waals surface area (Å²) in [5, 5.41) is 22.6. The predicted octanol–water partition coefficient (Wildman–Crippen LogP) is 1.74. The average molecular weight is 328 g/mol. The summed E-state index contributed by atoms with van der Waals surface area (Å²) in [6, 6.07) is 3.23. The van der Waals surface area contributed by atoms with Gasteiger partial charge in [0.15, 0.2) is 0 Å². The summed E-state index contributed by atoms with van der Waals surface area (Å²) in [5.41, 5.74) is -0.275. The summed E-state index contributed by atoms with van der Waals surface area (Å²) in [6.07, 6.45) is 1.19. The number of anilines is 1. The van der Waals surface area contributed by atoms with Crippen LogP contribution in [0.5, 0.6) is 0 Å². The first-order chi connectivity index (χ1) is 10.4. The minimum absolute atomic E-state index is 0.0328. The Hall–Kier alpha value is -2.19. The van der Waals surface area contributed by atoms with E-state index in [1.165, 1.54) is 12.1 Å². The van der Waals surface area contributed by atoms with Crippen molar-refractivity contribution in [1.29, 1.82) is 0 Å². The number of carbonyl (C=O) groups excluding carboxylic acids is 1. The first-order valence-corrected chi connectivity index (χ1v) is 6.97. The zero-order valence-corrected chi connectivity index (χ0v) is 12.2. The topological polar surface area (TPSA) is 113 Å².